The molecule has 1 aromatic carbocycles. The number of aldehydes is 1. The molecule has 5 nitrogen and oxygen atoms in total. The van der Waals surface area contributed by atoms with Gasteiger partial charge in [-0.25, -0.2) is 0 Å². The number of hydrogen-bond acceptors (Lipinski definition) is 4. The third kappa shape index (κ3) is 6.15. The van der Waals surface area contributed by atoms with E-state index in [1.807, 2.05) is 12.2 Å². The normalized spacial score (nSPS) is 25.5. The lowest BCUT2D eigenvalue weighted by Crippen LogP contribution is -2.27. The summed E-state index contributed by atoms with van der Waals surface area (Å²) in [6.07, 6.45) is 6.99. The van der Waals surface area contributed by atoms with Crippen molar-refractivity contribution >= 4 is 23.9 Å². The van der Waals surface area contributed by atoms with Gasteiger partial charge in [-0.2, -0.15) is 0 Å². The number of hydrogen-bond donors (Lipinski definition) is 2. The fraction of sp³-hybridized carbons (Fsp3) is 0.500. The van der Waals surface area contributed by atoms with E-state index in [0.29, 0.717) is 37.2 Å². The van der Waals surface area contributed by atoms with E-state index in [0.717, 1.165) is 12.7 Å². The van der Waals surface area contributed by atoms with Crippen molar-refractivity contribution in [2.75, 3.05) is 6.61 Å². The van der Waals surface area contributed by atoms with Gasteiger partial charge >= 0.3 is 5.97 Å². The summed E-state index contributed by atoms with van der Waals surface area (Å²) in [6.45, 7) is 0.338. The lowest BCUT2D eigenvalue weighted by atomic mass is 9.92. The molecule has 2 N–H and O–H groups in total. The second kappa shape index (κ2) is 10.3. The third-order valence-corrected chi connectivity index (χ3v) is 5.25. The van der Waals surface area contributed by atoms with Gasteiger partial charge in [0, 0.05) is 23.3 Å². The number of ether oxygens (including phenoxy) is 1. The average molecular weight is 381 g/mol. The molecular formula is C20H25ClO5. The van der Waals surface area contributed by atoms with Gasteiger partial charge < -0.3 is 14.9 Å². The molecule has 1 fully saturated rings. The average Bonchev–Trinajstić information content (AvgIpc) is 2.89. The zero-order valence-corrected chi connectivity index (χ0v) is 15.3. The number of alkyl halides is 1. The first-order valence-electron chi connectivity index (χ1n) is 8.88. The highest BCUT2D eigenvalue weighted by atomic mass is 35.5. The molecule has 0 bridgehead atoms. The summed E-state index contributed by atoms with van der Waals surface area (Å²) in [4.78, 5) is 21.3. The summed E-state index contributed by atoms with van der Waals surface area (Å²) in [5.41, 5.74) is 0.547. The molecule has 2 rings (SSSR count). The summed E-state index contributed by atoms with van der Waals surface area (Å²) in [5.74, 6) is -0.172. The van der Waals surface area contributed by atoms with Gasteiger partial charge in [0.05, 0.1) is 12.7 Å². The number of aliphatic hydroxyl groups is 1. The minimum Gasteiger partial charge on any atom is -0.493 e. The smallest absolute Gasteiger partial charge is 0.303 e. The standard InChI is InChI=1S/C20H25ClO5/c21-18-11-19(23)17(13-26-15-7-5-6-14(10-15)12-22)16(18)8-3-1-2-4-9-20(24)25/h1,3,5-7,10,12,16-19,23H,2,4,8-9,11,13H2,(H,24,25)/b3-1-/t16-,17-,18-,19-/m1/s1. The molecule has 0 spiro atoms. The van der Waals surface area contributed by atoms with Crippen LogP contribution in [0.3, 0.4) is 0 Å². The van der Waals surface area contributed by atoms with E-state index in [4.69, 9.17) is 21.4 Å². The zero-order chi connectivity index (χ0) is 18.9. The summed E-state index contributed by atoms with van der Waals surface area (Å²) in [6, 6.07) is 6.91. The van der Waals surface area contributed by atoms with Crippen LogP contribution in [0.4, 0.5) is 0 Å². The number of carboxylic acid groups (broad SMARTS) is 1. The first-order valence-corrected chi connectivity index (χ1v) is 9.32. The molecule has 26 heavy (non-hydrogen) atoms. The molecule has 142 valence electrons. The number of benzene rings is 1. The Morgan fingerprint density at radius 1 is 1.31 bits per heavy atom. The fourth-order valence-corrected chi connectivity index (χ4v) is 3.78. The molecule has 1 aliphatic rings. The number of carbonyl (C=O) groups excluding carboxylic acids is 1. The first-order chi connectivity index (χ1) is 12.5. The van der Waals surface area contributed by atoms with Crippen LogP contribution in [-0.2, 0) is 4.79 Å². The first kappa shape index (κ1) is 20.5. The second-order valence-corrected chi connectivity index (χ2v) is 7.20. The van der Waals surface area contributed by atoms with Crippen LogP contribution in [0.5, 0.6) is 5.75 Å². The molecule has 0 unspecified atom stereocenters. The van der Waals surface area contributed by atoms with Crippen LogP contribution in [0.2, 0.25) is 0 Å². The molecule has 0 aromatic heterocycles. The SMILES string of the molecule is O=Cc1cccc(OC[C@@H]2[C@@H](C/C=C\CCCC(=O)O)[C@H](Cl)C[C@H]2O)c1. The molecule has 1 aliphatic carbocycles. The zero-order valence-electron chi connectivity index (χ0n) is 14.6. The molecule has 0 amide bonds. The fourth-order valence-electron chi connectivity index (χ4n) is 3.30. The summed E-state index contributed by atoms with van der Waals surface area (Å²) < 4.78 is 5.79. The quantitative estimate of drug-likeness (QED) is 0.280. The van der Waals surface area contributed by atoms with Crippen LogP contribution in [-0.4, -0.2) is 40.6 Å². The maximum atomic E-state index is 10.8. The Hall–Kier alpha value is -1.85. The summed E-state index contributed by atoms with van der Waals surface area (Å²) in [7, 11) is 0. The van der Waals surface area contributed by atoms with Crippen LogP contribution < -0.4 is 4.74 Å². The molecular weight excluding hydrogens is 356 g/mol. The molecule has 0 aliphatic heterocycles. The van der Waals surface area contributed by atoms with Crippen molar-refractivity contribution in [3.63, 3.8) is 0 Å². The van der Waals surface area contributed by atoms with Crippen LogP contribution in [0.1, 0.15) is 42.5 Å². The Morgan fingerprint density at radius 3 is 2.85 bits per heavy atom. The van der Waals surface area contributed by atoms with Gasteiger partial charge in [0.15, 0.2) is 0 Å². The number of carbonyl (C=O) groups is 2. The maximum absolute atomic E-state index is 10.8. The third-order valence-electron chi connectivity index (χ3n) is 4.75. The van der Waals surface area contributed by atoms with Crippen LogP contribution in [0, 0.1) is 11.8 Å². The Labute approximate surface area is 158 Å². The number of rotatable bonds is 10. The van der Waals surface area contributed by atoms with Crippen molar-refractivity contribution in [3.05, 3.63) is 42.0 Å². The monoisotopic (exact) mass is 380 g/mol. The van der Waals surface area contributed by atoms with Crippen LogP contribution in [0.15, 0.2) is 36.4 Å². The van der Waals surface area contributed by atoms with Gasteiger partial charge in [-0.05, 0) is 43.7 Å². The predicted octanol–water partition coefficient (Wildman–Crippen LogP) is 3.68. The lowest BCUT2D eigenvalue weighted by Gasteiger charge is -2.22. The lowest BCUT2D eigenvalue weighted by molar-refractivity contribution is -0.137. The van der Waals surface area contributed by atoms with E-state index in [1.165, 1.54) is 0 Å². The highest BCUT2D eigenvalue weighted by molar-refractivity contribution is 6.21. The van der Waals surface area contributed by atoms with Crippen molar-refractivity contribution < 1.29 is 24.5 Å². The number of aliphatic hydroxyl groups excluding tert-OH is 1. The number of aliphatic carboxylic acids is 1. The van der Waals surface area contributed by atoms with Gasteiger partial charge in [-0.3, -0.25) is 9.59 Å². The minimum atomic E-state index is -0.783. The molecule has 0 saturated heterocycles. The highest BCUT2D eigenvalue weighted by Gasteiger charge is 2.41. The van der Waals surface area contributed by atoms with Gasteiger partial charge in [-0.15, -0.1) is 11.6 Å². The Morgan fingerprint density at radius 2 is 2.12 bits per heavy atom. The number of unbranched alkanes of at least 4 members (excludes halogenated alkanes) is 1. The van der Waals surface area contributed by atoms with E-state index in [-0.39, 0.29) is 23.6 Å². The molecule has 0 radical (unpaired) electrons. The van der Waals surface area contributed by atoms with Gasteiger partial charge in [0.2, 0.25) is 0 Å². The van der Waals surface area contributed by atoms with Gasteiger partial charge in [0.1, 0.15) is 12.0 Å². The van der Waals surface area contributed by atoms with Crippen molar-refractivity contribution in [2.45, 2.75) is 43.6 Å². The second-order valence-electron chi connectivity index (χ2n) is 6.64. The molecule has 6 heteroatoms. The van der Waals surface area contributed by atoms with Gasteiger partial charge in [-0.1, -0.05) is 24.3 Å². The Bertz CT molecular complexity index is 630. The minimum absolute atomic E-state index is 0.0824. The van der Waals surface area contributed by atoms with E-state index < -0.39 is 12.1 Å². The molecule has 1 saturated carbocycles. The van der Waals surface area contributed by atoms with Gasteiger partial charge in [0.25, 0.3) is 0 Å². The van der Waals surface area contributed by atoms with E-state index >= 15 is 0 Å². The predicted molar refractivity (Wildman–Crippen MR) is 99.8 cm³/mol. The summed E-state index contributed by atoms with van der Waals surface area (Å²) >= 11 is 6.41. The number of halogens is 1. The van der Waals surface area contributed by atoms with Crippen molar-refractivity contribution in [2.24, 2.45) is 11.8 Å². The molecule has 4 atom stereocenters. The van der Waals surface area contributed by atoms with Crippen molar-refractivity contribution in [1.29, 1.82) is 0 Å². The van der Waals surface area contributed by atoms with E-state index in [2.05, 4.69) is 0 Å². The molecule has 0 heterocycles. The molecule has 1 aromatic rings. The number of carboxylic acids is 1. The van der Waals surface area contributed by atoms with E-state index in [9.17, 15) is 14.7 Å². The Kier molecular flexibility index (Phi) is 8.13. The highest BCUT2D eigenvalue weighted by Crippen LogP contribution is 2.39. The topological polar surface area (TPSA) is 83.8 Å². The number of allylic oxidation sites excluding steroid dienone is 2. The van der Waals surface area contributed by atoms with Crippen LogP contribution in [0.25, 0.3) is 0 Å². The van der Waals surface area contributed by atoms with Crippen molar-refractivity contribution in [3.8, 4) is 5.75 Å². The van der Waals surface area contributed by atoms with Crippen LogP contribution >= 0.6 is 11.6 Å². The Balaban J connectivity index is 1.87. The largest absolute Gasteiger partial charge is 0.493 e. The van der Waals surface area contributed by atoms with Crippen molar-refractivity contribution in [1.82, 2.24) is 0 Å². The summed E-state index contributed by atoms with van der Waals surface area (Å²) in [5, 5.41) is 18.8. The maximum Gasteiger partial charge on any atom is 0.303 e. The van der Waals surface area contributed by atoms with E-state index in [1.54, 1.807) is 24.3 Å².